The number of nitro groups is 1. The molecule has 0 heterocycles. The minimum atomic E-state index is -0.780. The second kappa shape index (κ2) is 4.89. The molecule has 3 N–H and O–H groups in total. The van der Waals surface area contributed by atoms with Gasteiger partial charge in [0.2, 0.25) is 0 Å². The predicted molar refractivity (Wildman–Crippen MR) is 67.1 cm³/mol. The summed E-state index contributed by atoms with van der Waals surface area (Å²) in [5.74, 6) is -1.56. The molecule has 0 aliphatic rings. The maximum Gasteiger partial charge on any atom is 0.271 e. The van der Waals surface area contributed by atoms with Crippen LogP contribution in [0.5, 0.6) is 0 Å². The van der Waals surface area contributed by atoms with Gasteiger partial charge in [0, 0.05) is 12.1 Å². The molecule has 0 saturated carbocycles. The van der Waals surface area contributed by atoms with Gasteiger partial charge in [0.1, 0.15) is 17.3 Å². The van der Waals surface area contributed by atoms with Gasteiger partial charge in [0.15, 0.2) is 0 Å². The lowest BCUT2D eigenvalue weighted by Crippen LogP contribution is -2.01. The lowest BCUT2D eigenvalue weighted by atomic mass is 10.2. The highest BCUT2D eigenvalue weighted by molar-refractivity contribution is 5.75. The van der Waals surface area contributed by atoms with Crippen molar-refractivity contribution in [1.82, 2.24) is 0 Å². The second-order valence-electron chi connectivity index (χ2n) is 3.75. The van der Waals surface area contributed by atoms with E-state index in [0.29, 0.717) is 0 Å². The number of halogens is 2. The van der Waals surface area contributed by atoms with Crippen LogP contribution in [0.3, 0.4) is 0 Å². The molecule has 5 nitrogen and oxygen atoms in total. The molecule has 98 valence electrons. The molecule has 0 aliphatic heterocycles. The first-order chi connectivity index (χ1) is 8.99. The second-order valence-corrected chi connectivity index (χ2v) is 3.75. The van der Waals surface area contributed by atoms with Crippen molar-refractivity contribution in [3.8, 4) is 0 Å². The van der Waals surface area contributed by atoms with Crippen LogP contribution in [-0.4, -0.2) is 4.92 Å². The largest absolute Gasteiger partial charge is 0.397 e. The van der Waals surface area contributed by atoms with Crippen LogP contribution < -0.4 is 11.1 Å². The zero-order valence-electron chi connectivity index (χ0n) is 9.56. The van der Waals surface area contributed by atoms with Gasteiger partial charge in [-0.3, -0.25) is 10.1 Å². The van der Waals surface area contributed by atoms with E-state index < -0.39 is 16.6 Å². The van der Waals surface area contributed by atoms with E-state index in [4.69, 9.17) is 5.73 Å². The third kappa shape index (κ3) is 2.59. The molecule has 0 amide bonds. The van der Waals surface area contributed by atoms with E-state index in [0.717, 1.165) is 18.2 Å². The fraction of sp³-hybridized carbons (Fsp3) is 0. The number of benzene rings is 2. The van der Waals surface area contributed by atoms with Crippen LogP contribution in [0.15, 0.2) is 36.4 Å². The summed E-state index contributed by atoms with van der Waals surface area (Å²) in [6.07, 6.45) is 0. The summed E-state index contributed by atoms with van der Waals surface area (Å²) < 4.78 is 26.8. The first kappa shape index (κ1) is 12.7. The minimum Gasteiger partial charge on any atom is -0.397 e. The predicted octanol–water partition coefficient (Wildman–Crippen LogP) is 3.20. The van der Waals surface area contributed by atoms with Gasteiger partial charge in [0.25, 0.3) is 5.69 Å². The summed E-state index contributed by atoms with van der Waals surface area (Å²) in [4.78, 5) is 9.93. The number of rotatable bonds is 3. The molecule has 0 saturated heterocycles. The Morgan fingerprint density at radius 2 is 1.79 bits per heavy atom. The Hall–Kier alpha value is -2.70. The van der Waals surface area contributed by atoms with Crippen LogP contribution in [0.4, 0.5) is 31.5 Å². The van der Waals surface area contributed by atoms with Crippen LogP contribution in [0.25, 0.3) is 0 Å². The molecule has 2 rings (SSSR count). The van der Waals surface area contributed by atoms with E-state index in [1.807, 2.05) is 0 Å². The third-order valence-electron chi connectivity index (χ3n) is 2.47. The van der Waals surface area contributed by atoms with Gasteiger partial charge < -0.3 is 11.1 Å². The number of non-ortho nitro benzene ring substituents is 1. The SMILES string of the molecule is Nc1cc([N+](=O)[O-])ccc1Nc1c(F)cccc1F. The third-order valence-corrected chi connectivity index (χ3v) is 2.47. The Morgan fingerprint density at radius 3 is 2.32 bits per heavy atom. The average molecular weight is 265 g/mol. The standard InChI is InChI=1S/C12H9F2N3O2/c13-8-2-1-3-9(14)12(8)16-11-5-4-7(17(18)19)6-10(11)15/h1-6,16H,15H2. The summed E-state index contributed by atoms with van der Waals surface area (Å²) in [5.41, 5.74) is 5.25. The van der Waals surface area contributed by atoms with Crippen LogP contribution in [0, 0.1) is 21.7 Å². The minimum absolute atomic E-state index is 0.0249. The van der Waals surface area contributed by atoms with Crippen LogP contribution in [0.2, 0.25) is 0 Å². The molecule has 19 heavy (non-hydrogen) atoms. The molecule has 0 fully saturated rings. The zero-order valence-corrected chi connectivity index (χ0v) is 9.56. The maximum absolute atomic E-state index is 13.4. The number of nitro benzene ring substituents is 1. The van der Waals surface area contributed by atoms with Crippen molar-refractivity contribution >= 4 is 22.7 Å². The number of nitrogens with zero attached hydrogens (tertiary/aromatic N) is 1. The normalized spacial score (nSPS) is 10.2. The summed E-state index contributed by atoms with van der Waals surface area (Å²) >= 11 is 0. The van der Waals surface area contributed by atoms with E-state index in [-0.39, 0.29) is 22.7 Å². The Balaban J connectivity index is 2.36. The van der Waals surface area contributed by atoms with Crippen LogP contribution in [-0.2, 0) is 0 Å². The highest BCUT2D eigenvalue weighted by atomic mass is 19.1. The van der Waals surface area contributed by atoms with Crippen molar-refractivity contribution in [2.75, 3.05) is 11.1 Å². The number of nitrogens with one attached hydrogen (secondary N) is 1. The van der Waals surface area contributed by atoms with Gasteiger partial charge in [-0.1, -0.05) is 6.07 Å². The van der Waals surface area contributed by atoms with E-state index in [1.165, 1.54) is 18.2 Å². The number of anilines is 3. The number of para-hydroxylation sites is 1. The topological polar surface area (TPSA) is 81.2 Å². The van der Waals surface area contributed by atoms with Gasteiger partial charge in [-0.05, 0) is 18.2 Å². The monoisotopic (exact) mass is 265 g/mol. The molecule has 7 heteroatoms. The van der Waals surface area contributed by atoms with Gasteiger partial charge in [0.05, 0.1) is 16.3 Å². The van der Waals surface area contributed by atoms with Gasteiger partial charge in [-0.15, -0.1) is 0 Å². The number of hydrogen-bond donors (Lipinski definition) is 2. The molecular formula is C12H9F2N3O2. The fourth-order valence-electron chi connectivity index (χ4n) is 1.53. The molecule has 0 aliphatic carbocycles. The molecular weight excluding hydrogens is 256 g/mol. The molecule has 2 aromatic carbocycles. The number of nitrogens with two attached hydrogens (primary N) is 1. The number of hydrogen-bond acceptors (Lipinski definition) is 4. The van der Waals surface area contributed by atoms with E-state index in [2.05, 4.69) is 5.32 Å². The highest BCUT2D eigenvalue weighted by Crippen LogP contribution is 2.29. The van der Waals surface area contributed by atoms with Crippen molar-refractivity contribution in [2.45, 2.75) is 0 Å². The van der Waals surface area contributed by atoms with Crippen LogP contribution in [0.1, 0.15) is 0 Å². The molecule has 0 aromatic heterocycles. The van der Waals surface area contributed by atoms with Crippen molar-refractivity contribution in [1.29, 1.82) is 0 Å². The van der Waals surface area contributed by atoms with E-state index in [1.54, 1.807) is 0 Å². The lowest BCUT2D eigenvalue weighted by Gasteiger charge is -2.10. The first-order valence-electron chi connectivity index (χ1n) is 5.24. The number of nitrogen functional groups attached to an aromatic ring is 1. The molecule has 0 radical (unpaired) electrons. The van der Waals surface area contributed by atoms with Gasteiger partial charge in [-0.2, -0.15) is 0 Å². The lowest BCUT2D eigenvalue weighted by molar-refractivity contribution is -0.384. The van der Waals surface area contributed by atoms with E-state index >= 15 is 0 Å². The van der Waals surface area contributed by atoms with Crippen LogP contribution >= 0.6 is 0 Å². The van der Waals surface area contributed by atoms with Crippen molar-refractivity contribution in [3.05, 3.63) is 58.1 Å². The van der Waals surface area contributed by atoms with Crippen molar-refractivity contribution in [2.24, 2.45) is 0 Å². The molecule has 2 aromatic rings. The molecule has 0 spiro atoms. The Bertz CT molecular complexity index is 627. The fourth-order valence-corrected chi connectivity index (χ4v) is 1.53. The summed E-state index contributed by atoms with van der Waals surface area (Å²) in [6, 6.07) is 7.01. The molecule has 0 bridgehead atoms. The average Bonchev–Trinajstić information content (AvgIpc) is 2.35. The Morgan fingerprint density at radius 1 is 1.16 bits per heavy atom. The van der Waals surface area contributed by atoms with Gasteiger partial charge >= 0.3 is 0 Å². The smallest absolute Gasteiger partial charge is 0.271 e. The zero-order chi connectivity index (χ0) is 14.0. The van der Waals surface area contributed by atoms with Crippen molar-refractivity contribution < 1.29 is 13.7 Å². The highest BCUT2D eigenvalue weighted by Gasteiger charge is 2.12. The summed E-state index contributed by atoms with van der Waals surface area (Å²) in [6.45, 7) is 0. The summed E-state index contributed by atoms with van der Waals surface area (Å²) in [7, 11) is 0. The van der Waals surface area contributed by atoms with Gasteiger partial charge in [-0.25, -0.2) is 8.78 Å². The molecule has 0 atom stereocenters. The quantitative estimate of drug-likeness (QED) is 0.507. The van der Waals surface area contributed by atoms with E-state index in [9.17, 15) is 18.9 Å². The van der Waals surface area contributed by atoms with Crippen molar-refractivity contribution in [3.63, 3.8) is 0 Å². The maximum atomic E-state index is 13.4. The molecule has 0 unspecified atom stereocenters. The summed E-state index contributed by atoms with van der Waals surface area (Å²) in [5, 5.41) is 13.0. The Kier molecular flexibility index (Phi) is 3.28. The first-order valence-corrected chi connectivity index (χ1v) is 5.24. The Labute approximate surface area is 106 Å².